The van der Waals surface area contributed by atoms with Crippen molar-refractivity contribution in [3.8, 4) is 28.3 Å². The van der Waals surface area contributed by atoms with E-state index in [0.29, 0.717) is 11.5 Å². The summed E-state index contributed by atoms with van der Waals surface area (Å²) in [6.07, 6.45) is 2.71. The molecule has 0 radical (unpaired) electrons. The maximum Gasteiger partial charge on any atom is 0.159 e. The van der Waals surface area contributed by atoms with Crippen molar-refractivity contribution in [2.75, 3.05) is 4.90 Å². The van der Waals surface area contributed by atoms with Crippen LogP contribution >= 0.6 is 0 Å². The van der Waals surface area contributed by atoms with Gasteiger partial charge in [0.05, 0.1) is 22.8 Å². The molecular weight excluding hydrogens is 578 g/mol. The van der Waals surface area contributed by atoms with Gasteiger partial charge in [-0.2, -0.15) is 0 Å². The largest absolute Gasteiger partial charge is 0.507 e. The van der Waals surface area contributed by atoms with Gasteiger partial charge in [-0.3, -0.25) is 4.90 Å². The van der Waals surface area contributed by atoms with Gasteiger partial charge in [0, 0.05) is 33.5 Å². The fourth-order valence-corrected chi connectivity index (χ4v) is 6.54. The van der Waals surface area contributed by atoms with E-state index in [1.165, 1.54) is 0 Å². The summed E-state index contributed by atoms with van der Waals surface area (Å²) in [6, 6.07) is 44.9. The van der Waals surface area contributed by atoms with Crippen molar-refractivity contribution in [3.05, 3.63) is 145 Å². The average molecular weight is 612 g/mol. The number of phenolic OH excluding ortho intramolecular Hbond substituents is 1. The smallest absolute Gasteiger partial charge is 0.159 e. The molecule has 228 valence electrons. The maximum atomic E-state index is 10.8. The van der Waals surface area contributed by atoms with Crippen LogP contribution in [0.2, 0.25) is 0 Å². The van der Waals surface area contributed by atoms with Gasteiger partial charge >= 0.3 is 0 Å². The van der Waals surface area contributed by atoms with Crippen LogP contribution in [0.15, 0.2) is 144 Å². The number of benzene rings is 5. The van der Waals surface area contributed by atoms with Crippen molar-refractivity contribution in [3.63, 3.8) is 0 Å². The van der Waals surface area contributed by atoms with Crippen molar-refractivity contribution in [2.24, 2.45) is 5.92 Å². The zero-order valence-corrected chi connectivity index (χ0v) is 26.3. The van der Waals surface area contributed by atoms with Gasteiger partial charge in [0.2, 0.25) is 0 Å². The Balaban J connectivity index is 1.45. The molecule has 5 nitrogen and oxygen atoms in total. The van der Waals surface area contributed by atoms with Gasteiger partial charge in [-0.1, -0.05) is 86.6 Å². The van der Waals surface area contributed by atoms with Gasteiger partial charge in [-0.05, 0) is 84.0 Å². The molecule has 0 spiro atoms. The SMILES string of the molecule is CC(C)Cc1cc(-c2cc(N(c3ccccn3)c3cccc4ccccc34)c3oc4ccccc4c3c2)nc(-c2ccccc2O)c1. The standard InChI is InChI=1S/C42H33N3O2/c1-27(2)22-28-23-35(44-36(24-28)33-16-5-7-18-39(33)46)30-25-34-32-15-6-8-19-40(32)47-42(34)38(26-30)45(41-20-9-10-21-43-41)37-17-11-13-29-12-3-4-14-31(29)37/h3-21,23-27,46H,22H2,1-2H3. The number of hydrogen-bond donors (Lipinski definition) is 1. The Morgan fingerprint density at radius 1 is 0.681 bits per heavy atom. The average Bonchev–Trinajstić information content (AvgIpc) is 3.48. The first-order valence-corrected chi connectivity index (χ1v) is 16.0. The summed E-state index contributed by atoms with van der Waals surface area (Å²) in [5.74, 6) is 1.44. The Morgan fingerprint density at radius 3 is 2.26 bits per heavy atom. The van der Waals surface area contributed by atoms with Crippen LogP contribution in [0.1, 0.15) is 19.4 Å². The molecule has 3 aromatic heterocycles. The second kappa shape index (κ2) is 11.8. The van der Waals surface area contributed by atoms with Crippen LogP contribution in [-0.2, 0) is 6.42 Å². The molecule has 0 saturated carbocycles. The van der Waals surface area contributed by atoms with Crippen LogP contribution in [0, 0.1) is 5.92 Å². The first-order chi connectivity index (χ1) is 23.0. The van der Waals surface area contributed by atoms with Crippen LogP contribution in [0.4, 0.5) is 17.2 Å². The molecule has 0 saturated heterocycles. The number of hydrogen-bond acceptors (Lipinski definition) is 5. The highest BCUT2D eigenvalue weighted by molar-refractivity contribution is 6.13. The molecule has 0 unspecified atom stereocenters. The van der Waals surface area contributed by atoms with E-state index in [2.05, 4.69) is 91.5 Å². The number of furan rings is 1. The second-order valence-corrected chi connectivity index (χ2v) is 12.4. The van der Waals surface area contributed by atoms with Gasteiger partial charge in [-0.25, -0.2) is 9.97 Å². The molecule has 0 atom stereocenters. The first kappa shape index (κ1) is 28.5. The van der Waals surface area contributed by atoms with Gasteiger partial charge in [0.1, 0.15) is 17.2 Å². The quantitative estimate of drug-likeness (QED) is 0.194. The fourth-order valence-electron chi connectivity index (χ4n) is 6.54. The van der Waals surface area contributed by atoms with Gasteiger partial charge in [0.15, 0.2) is 5.58 Å². The molecule has 8 rings (SSSR count). The Kier molecular flexibility index (Phi) is 7.14. The highest BCUT2D eigenvalue weighted by Crippen LogP contribution is 2.46. The lowest BCUT2D eigenvalue weighted by Gasteiger charge is -2.26. The van der Waals surface area contributed by atoms with E-state index in [1.807, 2.05) is 60.8 Å². The summed E-state index contributed by atoms with van der Waals surface area (Å²) in [5.41, 5.74) is 7.84. The molecule has 0 aliphatic rings. The van der Waals surface area contributed by atoms with E-state index in [9.17, 15) is 5.11 Å². The number of aromatic nitrogens is 2. The third-order valence-electron chi connectivity index (χ3n) is 8.59. The molecule has 1 N–H and O–H groups in total. The van der Waals surface area contributed by atoms with Crippen LogP contribution in [0.3, 0.4) is 0 Å². The molecular formula is C42H33N3O2. The van der Waals surface area contributed by atoms with Crippen LogP contribution in [0.25, 0.3) is 55.2 Å². The van der Waals surface area contributed by atoms with Crippen molar-refractivity contribution in [2.45, 2.75) is 20.3 Å². The predicted octanol–water partition coefficient (Wildman–Crippen LogP) is 11.2. The number of anilines is 3. The molecule has 8 aromatic rings. The second-order valence-electron chi connectivity index (χ2n) is 12.4. The molecule has 3 heterocycles. The minimum Gasteiger partial charge on any atom is -0.507 e. The highest BCUT2D eigenvalue weighted by Gasteiger charge is 2.24. The monoisotopic (exact) mass is 611 g/mol. The van der Waals surface area contributed by atoms with E-state index in [4.69, 9.17) is 14.4 Å². The Labute approximate surface area is 273 Å². The first-order valence-electron chi connectivity index (χ1n) is 16.0. The Morgan fingerprint density at radius 2 is 1.43 bits per heavy atom. The van der Waals surface area contributed by atoms with E-state index >= 15 is 0 Å². The number of rotatable bonds is 7. The lowest BCUT2D eigenvalue weighted by Crippen LogP contribution is -2.12. The van der Waals surface area contributed by atoms with Gasteiger partial charge in [0.25, 0.3) is 0 Å². The number of aromatic hydroxyl groups is 1. The van der Waals surface area contributed by atoms with E-state index < -0.39 is 0 Å². The Bertz CT molecular complexity index is 2390. The maximum absolute atomic E-state index is 10.8. The number of fused-ring (bicyclic) bond motifs is 4. The number of para-hydroxylation sites is 2. The summed E-state index contributed by atoms with van der Waals surface area (Å²) >= 11 is 0. The topological polar surface area (TPSA) is 62.4 Å². The van der Waals surface area contributed by atoms with Crippen LogP contribution in [-0.4, -0.2) is 15.1 Å². The molecule has 0 amide bonds. The van der Waals surface area contributed by atoms with E-state index in [0.717, 1.165) is 78.8 Å². The summed E-state index contributed by atoms with van der Waals surface area (Å²) in [4.78, 5) is 12.2. The van der Waals surface area contributed by atoms with E-state index in [-0.39, 0.29) is 5.75 Å². The summed E-state index contributed by atoms with van der Waals surface area (Å²) in [7, 11) is 0. The van der Waals surface area contributed by atoms with Crippen LogP contribution < -0.4 is 4.90 Å². The van der Waals surface area contributed by atoms with E-state index in [1.54, 1.807) is 6.07 Å². The van der Waals surface area contributed by atoms with Crippen molar-refractivity contribution < 1.29 is 9.52 Å². The minimum absolute atomic E-state index is 0.210. The van der Waals surface area contributed by atoms with Crippen molar-refractivity contribution in [1.82, 2.24) is 9.97 Å². The number of phenols is 1. The molecule has 0 aliphatic heterocycles. The van der Waals surface area contributed by atoms with Crippen molar-refractivity contribution in [1.29, 1.82) is 0 Å². The highest BCUT2D eigenvalue weighted by atomic mass is 16.3. The molecule has 47 heavy (non-hydrogen) atoms. The molecule has 0 fully saturated rings. The zero-order valence-electron chi connectivity index (χ0n) is 26.3. The normalized spacial score (nSPS) is 11.6. The summed E-state index contributed by atoms with van der Waals surface area (Å²) in [5, 5.41) is 15.1. The molecule has 0 bridgehead atoms. The third kappa shape index (κ3) is 5.26. The summed E-state index contributed by atoms with van der Waals surface area (Å²) < 4.78 is 6.67. The van der Waals surface area contributed by atoms with Gasteiger partial charge in [-0.15, -0.1) is 0 Å². The third-order valence-corrected chi connectivity index (χ3v) is 8.59. The van der Waals surface area contributed by atoms with Crippen molar-refractivity contribution >= 4 is 49.9 Å². The van der Waals surface area contributed by atoms with Crippen LogP contribution in [0.5, 0.6) is 5.75 Å². The zero-order chi connectivity index (χ0) is 31.9. The number of nitrogens with zero attached hydrogens (tertiary/aromatic N) is 3. The van der Waals surface area contributed by atoms with Gasteiger partial charge < -0.3 is 9.52 Å². The predicted molar refractivity (Wildman–Crippen MR) is 193 cm³/mol. The minimum atomic E-state index is 0.210. The molecule has 0 aliphatic carbocycles. The summed E-state index contributed by atoms with van der Waals surface area (Å²) in [6.45, 7) is 4.44. The number of pyridine rings is 2. The molecule has 5 aromatic carbocycles. The lowest BCUT2D eigenvalue weighted by atomic mass is 9.97. The fraction of sp³-hybridized carbons (Fsp3) is 0.0952. The molecule has 5 heteroatoms. The lowest BCUT2D eigenvalue weighted by molar-refractivity contribution is 0.477. The Hall–Kier alpha value is -5.94.